The Balaban J connectivity index is 1.80. The fourth-order valence-corrected chi connectivity index (χ4v) is 2.75. The summed E-state index contributed by atoms with van der Waals surface area (Å²) in [5, 5.41) is 0. The van der Waals surface area contributed by atoms with Crippen LogP contribution in [-0.2, 0) is 11.3 Å². The molecule has 96 valence electrons. The molecule has 0 bridgehead atoms. The quantitative estimate of drug-likeness (QED) is 0.778. The maximum atomic E-state index is 11.7. The van der Waals surface area contributed by atoms with Crippen LogP contribution in [0.25, 0.3) is 0 Å². The number of benzene rings is 2. The predicted molar refractivity (Wildman–Crippen MR) is 75.6 cm³/mol. The van der Waals surface area contributed by atoms with Crippen LogP contribution >= 0.6 is 0 Å². The molecule has 1 fully saturated rings. The van der Waals surface area contributed by atoms with Crippen molar-refractivity contribution in [3.63, 3.8) is 0 Å². The Bertz CT molecular complexity index is 564. The molecule has 0 radical (unpaired) electrons. The molecule has 1 heterocycles. The molecule has 1 aliphatic rings. The van der Waals surface area contributed by atoms with Crippen LogP contribution < -0.4 is 0 Å². The maximum Gasteiger partial charge on any atom is 0.148 e. The summed E-state index contributed by atoms with van der Waals surface area (Å²) in [7, 11) is 0. The van der Waals surface area contributed by atoms with E-state index in [-0.39, 0.29) is 17.9 Å². The fourth-order valence-electron chi connectivity index (χ4n) is 2.75. The molecule has 19 heavy (non-hydrogen) atoms. The van der Waals surface area contributed by atoms with Crippen molar-refractivity contribution in [3.8, 4) is 0 Å². The molecule has 2 nitrogen and oxygen atoms in total. The van der Waals surface area contributed by atoms with Gasteiger partial charge in [0.1, 0.15) is 5.78 Å². The highest BCUT2D eigenvalue weighted by molar-refractivity contribution is 5.85. The second-order valence-corrected chi connectivity index (χ2v) is 5.07. The highest BCUT2D eigenvalue weighted by Crippen LogP contribution is 2.44. The molecule has 0 aromatic heterocycles. The lowest BCUT2D eigenvalue weighted by molar-refractivity contribution is -0.117. The summed E-state index contributed by atoms with van der Waals surface area (Å²) in [5.74, 6) is 0.254. The molecule has 3 rings (SSSR count). The zero-order valence-electron chi connectivity index (χ0n) is 11.0. The molecule has 0 aliphatic carbocycles. The topological polar surface area (TPSA) is 20.1 Å². The maximum absolute atomic E-state index is 11.7. The lowest BCUT2D eigenvalue weighted by Crippen LogP contribution is -2.08. The highest BCUT2D eigenvalue weighted by atomic mass is 16.1. The Labute approximate surface area is 113 Å². The van der Waals surface area contributed by atoms with E-state index in [2.05, 4.69) is 29.2 Å². The van der Waals surface area contributed by atoms with Crippen LogP contribution in [0.3, 0.4) is 0 Å². The van der Waals surface area contributed by atoms with E-state index >= 15 is 0 Å². The van der Waals surface area contributed by atoms with Crippen LogP contribution in [0.4, 0.5) is 0 Å². The molecule has 0 amide bonds. The monoisotopic (exact) mass is 251 g/mol. The van der Waals surface area contributed by atoms with Gasteiger partial charge in [0.2, 0.25) is 0 Å². The average Bonchev–Trinajstić information content (AvgIpc) is 3.15. The lowest BCUT2D eigenvalue weighted by atomic mass is 10.1. The van der Waals surface area contributed by atoms with Crippen LogP contribution in [0.5, 0.6) is 0 Å². The van der Waals surface area contributed by atoms with Crippen molar-refractivity contribution in [3.05, 3.63) is 71.8 Å². The van der Waals surface area contributed by atoms with Crippen molar-refractivity contribution < 1.29 is 4.79 Å². The van der Waals surface area contributed by atoms with E-state index in [1.807, 2.05) is 36.4 Å². The molecule has 0 spiro atoms. The van der Waals surface area contributed by atoms with Gasteiger partial charge in [-0.15, -0.1) is 0 Å². The molecule has 1 unspecified atom stereocenters. The third-order valence-electron chi connectivity index (χ3n) is 3.69. The summed E-state index contributed by atoms with van der Waals surface area (Å²) in [6, 6.07) is 20.9. The Morgan fingerprint density at radius 3 is 2.16 bits per heavy atom. The summed E-state index contributed by atoms with van der Waals surface area (Å²) in [6.07, 6.45) is 0. The van der Waals surface area contributed by atoms with E-state index in [4.69, 9.17) is 0 Å². The van der Waals surface area contributed by atoms with Gasteiger partial charge in [0, 0.05) is 6.54 Å². The molecule has 2 heteroatoms. The van der Waals surface area contributed by atoms with Crippen molar-refractivity contribution in [2.45, 2.75) is 25.6 Å². The third-order valence-corrected chi connectivity index (χ3v) is 3.69. The summed E-state index contributed by atoms with van der Waals surface area (Å²) in [6.45, 7) is 2.52. The minimum Gasteiger partial charge on any atom is -0.298 e. The van der Waals surface area contributed by atoms with E-state index in [9.17, 15) is 4.79 Å². The number of ketones is 1. The lowest BCUT2D eigenvalue weighted by Gasteiger charge is -2.04. The van der Waals surface area contributed by atoms with Crippen molar-refractivity contribution in [1.82, 2.24) is 4.90 Å². The van der Waals surface area contributed by atoms with Gasteiger partial charge in [0.25, 0.3) is 0 Å². The van der Waals surface area contributed by atoms with Crippen molar-refractivity contribution in [1.29, 1.82) is 0 Å². The molecular formula is C17H17NO. The van der Waals surface area contributed by atoms with E-state index in [1.54, 1.807) is 6.92 Å². The van der Waals surface area contributed by atoms with Gasteiger partial charge in [-0.25, -0.2) is 0 Å². The fraction of sp³-hybridized carbons (Fsp3) is 0.235. The summed E-state index contributed by atoms with van der Waals surface area (Å²) in [5.41, 5.74) is 2.49. The van der Waals surface area contributed by atoms with Crippen LogP contribution in [-0.4, -0.2) is 16.7 Å². The first-order valence-electron chi connectivity index (χ1n) is 6.62. The number of nitrogens with zero attached hydrogens (tertiary/aromatic N) is 1. The normalized spacial score (nSPS) is 25.0. The first kappa shape index (κ1) is 12.1. The largest absolute Gasteiger partial charge is 0.298 e. The minimum atomic E-state index is 0.0441. The Morgan fingerprint density at radius 1 is 1.00 bits per heavy atom. The van der Waals surface area contributed by atoms with Gasteiger partial charge in [-0.2, -0.15) is 0 Å². The number of Topliss-reactive ketones (excluding diaryl/α,β-unsaturated/α-hetero) is 1. The van der Waals surface area contributed by atoms with Crippen molar-refractivity contribution >= 4 is 5.78 Å². The standard InChI is InChI=1S/C17H17NO/c1-13(19)16-17(15-10-6-3-7-11-15)18(16)12-14-8-4-2-5-9-14/h2-11,16-17H,12H2,1H3/t16-,17+,18?/m0/s1. The number of carbonyl (C=O) groups is 1. The van der Waals surface area contributed by atoms with E-state index in [1.165, 1.54) is 11.1 Å². The van der Waals surface area contributed by atoms with Crippen LogP contribution in [0, 0.1) is 0 Å². The smallest absolute Gasteiger partial charge is 0.148 e. The summed E-state index contributed by atoms with van der Waals surface area (Å²) < 4.78 is 0. The van der Waals surface area contributed by atoms with Gasteiger partial charge in [-0.3, -0.25) is 9.69 Å². The molecule has 2 aromatic rings. The van der Waals surface area contributed by atoms with Gasteiger partial charge in [-0.1, -0.05) is 60.7 Å². The first-order valence-corrected chi connectivity index (χ1v) is 6.62. The Hall–Kier alpha value is -1.93. The number of carbonyl (C=O) groups excluding carboxylic acids is 1. The van der Waals surface area contributed by atoms with E-state index in [0.29, 0.717) is 0 Å². The number of hydrogen-bond donors (Lipinski definition) is 0. The SMILES string of the molecule is CC(=O)[C@H]1[C@@H](c2ccccc2)N1Cc1ccccc1. The van der Waals surface area contributed by atoms with Gasteiger partial charge >= 0.3 is 0 Å². The first-order chi connectivity index (χ1) is 9.27. The summed E-state index contributed by atoms with van der Waals surface area (Å²) in [4.78, 5) is 14.0. The third kappa shape index (κ3) is 2.45. The highest BCUT2D eigenvalue weighted by Gasteiger charge is 2.50. The molecule has 1 saturated heterocycles. The Kier molecular flexibility index (Phi) is 3.18. The zero-order valence-corrected chi connectivity index (χ0v) is 11.0. The van der Waals surface area contributed by atoms with Gasteiger partial charge in [0.15, 0.2) is 0 Å². The number of hydrogen-bond acceptors (Lipinski definition) is 2. The molecule has 0 N–H and O–H groups in total. The summed E-state index contributed by atoms with van der Waals surface area (Å²) >= 11 is 0. The van der Waals surface area contributed by atoms with Crippen molar-refractivity contribution in [2.24, 2.45) is 0 Å². The molecule has 0 saturated carbocycles. The predicted octanol–water partition coefficient (Wildman–Crippen LogP) is 3.20. The molecule has 2 aromatic carbocycles. The molecule has 3 atom stereocenters. The van der Waals surface area contributed by atoms with Gasteiger partial charge in [-0.05, 0) is 18.1 Å². The van der Waals surface area contributed by atoms with Crippen LogP contribution in [0.15, 0.2) is 60.7 Å². The average molecular weight is 251 g/mol. The molecular weight excluding hydrogens is 234 g/mol. The van der Waals surface area contributed by atoms with Gasteiger partial charge in [0.05, 0.1) is 12.1 Å². The number of rotatable bonds is 4. The second-order valence-electron chi connectivity index (χ2n) is 5.07. The van der Waals surface area contributed by atoms with E-state index in [0.717, 1.165) is 6.54 Å². The van der Waals surface area contributed by atoms with Crippen LogP contribution in [0.1, 0.15) is 24.1 Å². The Morgan fingerprint density at radius 2 is 1.58 bits per heavy atom. The molecule has 1 aliphatic heterocycles. The zero-order chi connectivity index (χ0) is 13.2. The van der Waals surface area contributed by atoms with Crippen molar-refractivity contribution in [2.75, 3.05) is 0 Å². The second kappa shape index (κ2) is 4.98. The van der Waals surface area contributed by atoms with Crippen LogP contribution in [0.2, 0.25) is 0 Å². The van der Waals surface area contributed by atoms with Gasteiger partial charge < -0.3 is 0 Å². The van der Waals surface area contributed by atoms with E-state index < -0.39 is 0 Å². The minimum absolute atomic E-state index is 0.0441.